The van der Waals surface area contributed by atoms with E-state index < -0.39 is 5.54 Å². The minimum Gasteiger partial charge on any atom is -0.338 e. The predicted octanol–water partition coefficient (Wildman–Crippen LogP) is 0.774. The van der Waals surface area contributed by atoms with E-state index in [9.17, 15) is 9.59 Å². The standard InChI is InChI=1S/C11H14N2O2/c12-7-11(3-4-11)13-10(15)9-2-1-8(5-9)6-14/h6,8-9H,1-5H2,(H,13,15)/t8-,9-/m1/s1. The molecule has 80 valence electrons. The maximum atomic E-state index is 11.7. The molecule has 2 atom stereocenters. The van der Waals surface area contributed by atoms with Crippen molar-refractivity contribution in [3.63, 3.8) is 0 Å². The maximum absolute atomic E-state index is 11.7. The maximum Gasteiger partial charge on any atom is 0.224 e. The third kappa shape index (κ3) is 2.01. The number of aldehydes is 1. The predicted molar refractivity (Wildman–Crippen MR) is 52.6 cm³/mol. The van der Waals surface area contributed by atoms with Crippen LogP contribution in [0.3, 0.4) is 0 Å². The summed E-state index contributed by atoms with van der Waals surface area (Å²) in [4.78, 5) is 22.3. The highest BCUT2D eigenvalue weighted by molar-refractivity contribution is 5.81. The van der Waals surface area contributed by atoms with Crippen molar-refractivity contribution in [2.45, 2.75) is 37.6 Å². The summed E-state index contributed by atoms with van der Waals surface area (Å²) in [5.74, 6) is -0.0672. The van der Waals surface area contributed by atoms with Crippen LogP contribution in [0.1, 0.15) is 32.1 Å². The molecule has 0 spiro atoms. The molecule has 0 aromatic rings. The molecule has 2 saturated carbocycles. The molecule has 15 heavy (non-hydrogen) atoms. The number of nitrogens with one attached hydrogen (secondary N) is 1. The van der Waals surface area contributed by atoms with Crippen LogP contribution in [0.5, 0.6) is 0 Å². The minimum absolute atomic E-state index is 0.0398. The third-order valence-electron chi connectivity index (χ3n) is 3.36. The van der Waals surface area contributed by atoms with E-state index in [2.05, 4.69) is 11.4 Å². The fourth-order valence-electron chi connectivity index (χ4n) is 2.11. The van der Waals surface area contributed by atoms with Gasteiger partial charge in [-0.1, -0.05) is 0 Å². The van der Waals surface area contributed by atoms with Crippen LogP contribution in [0.2, 0.25) is 0 Å². The number of nitrogens with zero attached hydrogens (tertiary/aromatic N) is 1. The Morgan fingerprint density at radius 3 is 2.67 bits per heavy atom. The first-order chi connectivity index (χ1) is 7.19. The van der Waals surface area contributed by atoms with Crippen molar-refractivity contribution in [1.29, 1.82) is 5.26 Å². The second kappa shape index (κ2) is 3.65. The molecular weight excluding hydrogens is 192 g/mol. The Bertz CT molecular complexity index is 328. The van der Waals surface area contributed by atoms with Crippen LogP contribution in [-0.4, -0.2) is 17.7 Å². The Kier molecular flexibility index (Phi) is 2.47. The average molecular weight is 206 g/mol. The topological polar surface area (TPSA) is 70.0 Å². The van der Waals surface area contributed by atoms with Crippen LogP contribution in [0.15, 0.2) is 0 Å². The molecule has 2 aliphatic rings. The van der Waals surface area contributed by atoms with Crippen molar-refractivity contribution in [3.05, 3.63) is 0 Å². The van der Waals surface area contributed by atoms with Crippen molar-refractivity contribution in [3.8, 4) is 6.07 Å². The summed E-state index contributed by atoms with van der Waals surface area (Å²) < 4.78 is 0. The van der Waals surface area contributed by atoms with E-state index in [-0.39, 0.29) is 17.7 Å². The molecule has 1 amide bonds. The van der Waals surface area contributed by atoms with Gasteiger partial charge in [-0.15, -0.1) is 0 Å². The van der Waals surface area contributed by atoms with Gasteiger partial charge in [0.05, 0.1) is 6.07 Å². The van der Waals surface area contributed by atoms with E-state index in [1.54, 1.807) is 0 Å². The van der Waals surface area contributed by atoms with Gasteiger partial charge in [-0.3, -0.25) is 4.79 Å². The van der Waals surface area contributed by atoms with Crippen LogP contribution in [0.25, 0.3) is 0 Å². The Labute approximate surface area is 88.6 Å². The van der Waals surface area contributed by atoms with Crippen molar-refractivity contribution in [2.24, 2.45) is 11.8 Å². The monoisotopic (exact) mass is 206 g/mol. The normalized spacial score (nSPS) is 31.7. The minimum atomic E-state index is -0.573. The molecule has 1 N–H and O–H groups in total. The summed E-state index contributed by atoms with van der Waals surface area (Å²) in [6.45, 7) is 0. The van der Waals surface area contributed by atoms with E-state index in [4.69, 9.17) is 5.26 Å². The van der Waals surface area contributed by atoms with E-state index >= 15 is 0 Å². The first kappa shape index (κ1) is 10.2. The molecule has 0 heterocycles. The zero-order valence-corrected chi connectivity index (χ0v) is 8.53. The van der Waals surface area contributed by atoms with Crippen LogP contribution < -0.4 is 5.32 Å². The number of rotatable bonds is 3. The molecule has 0 unspecified atom stereocenters. The van der Waals surface area contributed by atoms with Gasteiger partial charge in [-0.25, -0.2) is 0 Å². The first-order valence-electron chi connectivity index (χ1n) is 5.38. The second-order valence-corrected chi connectivity index (χ2v) is 4.59. The van der Waals surface area contributed by atoms with Crippen molar-refractivity contribution in [2.75, 3.05) is 0 Å². The average Bonchev–Trinajstić information content (AvgIpc) is 2.85. The summed E-state index contributed by atoms with van der Waals surface area (Å²) in [5, 5.41) is 11.6. The largest absolute Gasteiger partial charge is 0.338 e. The lowest BCUT2D eigenvalue weighted by atomic mass is 10.0. The molecule has 0 aromatic carbocycles. The molecule has 0 radical (unpaired) electrons. The van der Waals surface area contributed by atoms with Crippen molar-refractivity contribution < 1.29 is 9.59 Å². The van der Waals surface area contributed by atoms with E-state index in [1.165, 1.54) is 0 Å². The highest BCUT2D eigenvalue weighted by Gasteiger charge is 2.46. The fourth-order valence-corrected chi connectivity index (χ4v) is 2.11. The van der Waals surface area contributed by atoms with Gasteiger partial charge in [0, 0.05) is 11.8 Å². The van der Waals surface area contributed by atoms with Crippen LogP contribution >= 0.6 is 0 Å². The molecule has 4 nitrogen and oxygen atoms in total. The van der Waals surface area contributed by atoms with Gasteiger partial charge in [0.25, 0.3) is 0 Å². The molecule has 2 fully saturated rings. The van der Waals surface area contributed by atoms with Gasteiger partial charge in [-0.05, 0) is 32.1 Å². The van der Waals surface area contributed by atoms with Gasteiger partial charge >= 0.3 is 0 Å². The molecule has 0 bridgehead atoms. The molecular formula is C11H14N2O2. The quantitative estimate of drug-likeness (QED) is 0.693. The number of nitriles is 1. The Morgan fingerprint density at radius 1 is 1.47 bits per heavy atom. The zero-order chi connectivity index (χ0) is 10.9. The summed E-state index contributed by atoms with van der Waals surface area (Å²) in [6, 6.07) is 2.13. The van der Waals surface area contributed by atoms with Crippen LogP contribution in [0.4, 0.5) is 0 Å². The van der Waals surface area contributed by atoms with Gasteiger partial charge in [0.1, 0.15) is 11.8 Å². The molecule has 0 saturated heterocycles. The fraction of sp³-hybridized carbons (Fsp3) is 0.727. The van der Waals surface area contributed by atoms with Crippen LogP contribution in [0, 0.1) is 23.2 Å². The molecule has 2 aliphatic carbocycles. The number of carbonyl (C=O) groups excluding carboxylic acids is 2. The van der Waals surface area contributed by atoms with Gasteiger partial charge in [0.2, 0.25) is 5.91 Å². The lowest BCUT2D eigenvalue weighted by Crippen LogP contribution is -2.39. The zero-order valence-electron chi connectivity index (χ0n) is 8.53. The van der Waals surface area contributed by atoms with Gasteiger partial charge in [-0.2, -0.15) is 5.26 Å². The number of carbonyl (C=O) groups is 2. The number of amides is 1. The lowest BCUT2D eigenvalue weighted by Gasteiger charge is -2.13. The SMILES string of the molecule is N#CC1(NC(=O)[C@@H]2CC[C@@H](C=O)C2)CC1. The van der Waals surface area contributed by atoms with Crippen molar-refractivity contribution in [1.82, 2.24) is 5.32 Å². The lowest BCUT2D eigenvalue weighted by molar-refractivity contribution is -0.125. The highest BCUT2D eigenvalue weighted by Crippen LogP contribution is 2.36. The van der Waals surface area contributed by atoms with E-state index in [0.717, 1.165) is 32.0 Å². The third-order valence-corrected chi connectivity index (χ3v) is 3.36. The number of hydrogen-bond donors (Lipinski definition) is 1. The van der Waals surface area contributed by atoms with E-state index in [0.29, 0.717) is 6.42 Å². The van der Waals surface area contributed by atoms with E-state index in [1.807, 2.05) is 0 Å². The van der Waals surface area contributed by atoms with Crippen molar-refractivity contribution >= 4 is 12.2 Å². The summed E-state index contributed by atoms with van der Waals surface area (Å²) >= 11 is 0. The smallest absolute Gasteiger partial charge is 0.224 e. The summed E-state index contributed by atoms with van der Waals surface area (Å²) in [6.07, 6.45) is 4.69. The molecule has 4 heteroatoms. The summed E-state index contributed by atoms with van der Waals surface area (Å²) in [5.41, 5.74) is -0.573. The Morgan fingerprint density at radius 2 is 2.20 bits per heavy atom. The second-order valence-electron chi connectivity index (χ2n) is 4.59. The molecule has 0 aromatic heterocycles. The Hall–Kier alpha value is -1.37. The van der Waals surface area contributed by atoms with Gasteiger partial charge < -0.3 is 10.1 Å². The number of hydrogen-bond acceptors (Lipinski definition) is 3. The molecule has 2 rings (SSSR count). The summed E-state index contributed by atoms with van der Waals surface area (Å²) in [7, 11) is 0. The van der Waals surface area contributed by atoms with Gasteiger partial charge in [0.15, 0.2) is 0 Å². The Balaban J connectivity index is 1.87. The first-order valence-corrected chi connectivity index (χ1v) is 5.38. The molecule has 0 aliphatic heterocycles. The van der Waals surface area contributed by atoms with Crippen LogP contribution in [-0.2, 0) is 9.59 Å². The highest BCUT2D eigenvalue weighted by atomic mass is 16.2.